The van der Waals surface area contributed by atoms with Crippen molar-refractivity contribution in [1.82, 2.24) is 0 Å². The second kappa shape index (κ2) is 61.5. The first-order valence-corrected chi connectivity index (χ1v) is 30.7. The van der Waals surface area contributed by atoms with E-state index in [1.807, 2.05) is 12.2 Å². The summed E-state index contributed by atoms with van der Waals surface area (Å²) in [6.45, 7) is 3.33. The van der Waals surface area contributed by atoms with Gasteiger partial charge in [0.1, 0.15) is 6.61 Å². The van der Waals surface area contributed by atoms with Gasteiger partial charge < -0.3 is 20.1 Å². The normalized spacial score (nSPS) is 14.6. The van der Waals surface area contributed by atoms with E-state index in [-0.39, 0.29) is 32.6 Å². The van der Waals surface area contributed by atoms with E-state index in [9.17, 15) is 19.0 Å². The lowest BCUT2D eigenvalue weighted by Crippen LogP contribution is -2.29. The molecule has 2 unspecified atom stereocenters. The molecule has 0 aliphatic heterocycles. The third-order valence-corrected chi connectivity index (χ3v) is 11.8. The minimum Gasteiger partial charge on any atom is -0.462 e. The molecule has 10 heteroatoms. The molecule has 0 aliphatic carbocycles. The van der Waals surface area contributed by atoms with Gasteiger partial charge in [0.05, 0.1) is 13.2 Å². The Bertz CT molecular complexity index is 2080. The Balaban J connectivity index is 4.28. The van der Waals surface area contributed by atoms with Crippen LogP contribution >= 0.6 is 7.82 Å². The van der Waals surface area contributed by atoms with Gasteiger partial charge in [0, 0.05) is 19.4 Å². The van der Waals surface area contributed by atoms with Crippen LogP contribution in [-0.2, 0) is 32.7 Å². The molecule has 0 rings (SSSR count). The molecule has 436 valence electrons. The average Bonchev–Trinajstić information content (AvgIpc) is 3.44. The maximum Gasteiger partial charge on any atom is 0.472 e. The second-order valence-corrected chi connectivity index (χ2v) is 19.5. The summed E-state index contributed by atoms with van der Waals surface area (Å²) in [5, 5.41) is 0. The summed E-state index contributed by atoms with van der Waals surface area (Å²) < 4.78 is 32.9. The van der Waals surface area contributed by atoms with Crippen molar-refractivity contribution in [3.63, 3.8) is 0 Å². The van der Waals surface area contributed by atoms with Crippen LogP contribution in [0, 0.1) is 0 Å². The zero-order valence-corrected chi connectivity index (χ0v) is 49.4. The fraction of sp³-hybridized carbons (Fsp3) is 0.449. The molecule has 2 atom stereocenters. The van der Waals surface area contributed by atoms with Gasteiger partial charge in [-0.15, -0.1) is 0 Å². The van der Waals surface area contributed by atoms with Gasteiger partial charge in [0.2, 0.25) is 0 Å². The number of carbonyl (C=O) groups excluding carboxylic acids is 2. The molecule has 0 radical (unpaired) electrons. The van der Waals surface area contributed by atoms with E-state index in [4.69, 9.17) is 24.3 Å². The molecule has 0 heterocycles. The van der Waals surface area contributed by atoms with Gasteiger partial charge in [-0.25, -0.2) is 4.57 Å². The van der Waals surface area contributed by atoms with Crippen LogP contribution in [0.3, 0.4) is 0 Å². The molecular weight excluding hydrogens is 1000 g/mol. The zero-order chi connectivity index (χ0) is 57.3. The number of hydrogen-bond donors (Lipinski definition) is 2. The van der Waals surface area contributed by atoms with E-state index < -0.39 is 32.5 Å². The van der Waals surface area contributed by atoms with Gasteiger partial charge in [-0.2, -0.15) is 0 Å². The lowest BCUT2D eigenvalue weighted by atomic mass is 10.2. The van der Waals surface area contributed by atoms with Crippen molar-refractivity contribution in [2.75, 3.05) is 26.4 Å². The standard InChI is InChI=1S/C69H102NO8P/c1-3-5-7-9-11-13-15-17-19-21-23-25-27-29-31-33-35-37-39-41-43-45-47-49-51-53-55-57-59-61-68(71)75-65-67(66-77-79(73,74)76-64-63-70)78-69(72)62-60-58-56-54-52-50-48-46-44-42-40-38-36-34-32-30-28-26-24-22-20-18-16-14-12-10-8-6-4-2/h5-8,11-14,17-20,23-26,29-32,35-38,41-44,47-50,53-56,67H,3-4,9-10,15-16,21-22,27-28,33-34,39-40,45-46,51-52,57-66,70H2,1-2H3,(H,73,74)/b7-5-,8-6-,13-11-,14-12-,19-17-,20-18-,25-23-,26-24-,31-29-,32-30-,37-35-,38-36-,43-41-,44-42-,49-47-,50-48-,55-53-,56-54-. The average molecular weight is 1100 g/mol. The predicted octanol–water partition coefficient (Wildman–Crippen LogP) is 18.9. The lowest BCUT2D eigenvalue weighted by molar-refractivity contribution is -0.161. The first kappa shape index (κ1) is 73.3. The van der Waals surface area contributed by atoms with E-state index in [1.165, 1.54) is 0 Å². The van der Waals surface area contributed by atoms with Crippen LogP contribution in [0.15, 0.2) is 219 Å². The summed E-state index contributed by atoms with van der Waals surface area (Å²) in [6.07, 6.45) is 97.2. The highest BCUT2D eigenvalue weighted by molar-refractivity contribution is 7.47. The zero-order valence-electron chi connectivity index (χ0n) is 48.5. The summed E-state index contributed by atoms with van der Waals surface area (Å²) in [4.78, 5) is 35.1. The first-order valence-electron chi connectivity index (χ1n) is 29.2. The SMILES string of the molecule is CC/C=C\C/C=C\C/C=C\C/C=C\C/C=C\C/C=C\C/C=C\C/C=C\C/C=C\CCCC(=O)OCC(COP(=O)(O)OCCN)OC(=O)CCC/C=C\C/C=C\C/C=C\C/C=C\C/C=C\C/C=C\C/C=C\C/C=C\C/C=C\CC. The number of allylic oxidation sites excluding steroid dienone is 36. The molecule has 0 amide bonds. The van der Waals surface area contributed by atoms with Crippen LogP contribution in [0.4, 0.5) is 0 Å². The van der Waals surface area contributed by atoms with Crippen LogP contribution < -0.4 is 5.73 Å². The number of esters is 2. The number of ether oxygens (including phenoxy) is 2. The molecule has 0 aromatic carbocycles. The van der Waals surface area contributed by atoms with E-state index in [0.29, 0.717) is 25.7 Å². The van der Waals surface area contributed by atoms with Crippen molar-refractivity contribution in [3.05, 3.63) is 219 Å². The van der Waals surface area contributed by atoms with Crippen molar-refractivity contribution in [1.29, 1.82) is 0 Å². The number of hydrogen-bond acceptors (Lipinski definition) is 8. The molecule has 0 aromatic heterocycles. The van der Waals surface area contributed by atoms with Gasteiger partial charge in [-0.05, 0) is 141 Å². The Morgan fingerprint density at radius 3 is 0.899 bits per heavy atom. The van der Waals surface area contributed by atoms with Crippen LogP contribution in [0.5, 0.6) is 0 Å². The monoisotopic (exact) mass is 1100 g/mol. The van der Waals surface area contributed by atoms with Crippen LogP contribution in [-0.4, -0.2) is 49.3 Å². The van der Waals surface area contributed by atoms with Gasteiger partial charge >= 0.3 is 19.8 Å². The van der Waals surface area contributed by atoms with Crippen molar-refractivity contribution in [2.24, 2.45) is 5.73 Å². The molecule has 79 heavy (non-hydrogen) atoms. The fourth-order valence-electron chi connectivity index (χ4n) is 6.64. The number of phosphoric ester groups is 1. The summed E-state index contributed by atoms with van der Waals surface area (Å²) in [6, 6.07) is 0. The Hall–Kier alpha value is -5.67. The molecule has 0 spiro atoms. The van der Waals surface area contributed by atoms with Gasteiger partial charge in [0.15, 0.2) is 6.10 Å². The van der Waals surface area contributed by atoms with Crippen molar-refractivity contribution in [3.8, 4) is 0 Å². The van der Waals surface area contributed by atoms with Gasteiger partial charge in [0.25, 0.3) is 0 Å². The third kappa shape index (κ3) is 61.4. The van der Waals surface area contributed by atoms with E-state index >= 15 is 0 Å². The summed E-state index contributed by atoms with van der Waals surface area (Å²) >= 11 is 0. The summed E-state index contributed by atoms with van der Waals surface area (Å²) in [5.41, 5.74) is 5.37. The molecule has 3 N–H and O–H groups in total. The number of unbranched alkanes of at least 4 members (excludes halogenated alkanes) is 2. The topological polar surface area (TPSA) is 134 Å². The van der Waals surface area contributed by atoms with Crippen LogP contribution in [0.25, 0.3) is 0 Å². The Morgan fingerprint density at radius 1 is 0.380 bits per heavy atom. The smallest absolute Gasteiger partial charge is 0.462 e. The highest BCUT2D eigenvalue weighted by atomic mass is 31.2. The van der Waals surface area contributed by atoms with E-state index in [2.05, 4.69) is 220 Å². The van der Waals surface area contributed by atoms with Crippen molar-refractivity contribution in [2.45, 2.75) is 174 Å². The molecule has 0 fully saturated rings. The number of rotatable bonds is 51. The molecule has 0 saturated carbocycles. The maximum absolute atomic E-state index is 12.7. The Morgan fingerprint density at radius 2 is 0.633 bits per heavy atom. The summed E-state index contributed by atoms with van der Waals surface area (Å²) in [5.74, 6) is -0.992. The molecule has 9 nitrogen and oxygen atoms in total. The van der Waals surface area contributed by atoms with E-state index in [1.54, 1.807) is 0 Å². The lowest BCUT2D eigenvalue weighted by Gasteiger charge is -2.19. The molecular formula is C69H102NO8P. The highest BCUT2D eigenvalue weighted by Gasteiger charge is 2.26. The highest BCUT2D eigenvalue weighted by Crippen LogP contribution is 2.43. The molecule has 0 aliphatic rings. The van der Waals surface area contributed by atoms with Gasteiger partial charge in [-0.1, -0.05) is 233 Å². The van der Waals surface area contributed by atoms with Crippen LogP contribution in [0.1, 0.15) is 168 Å². The van der Waals surface area contributed by atoms with Gasteiger partial charge in [-0.3, -0.25) is 18.6 Å². The third-order valence-electron chi connectivity index (χ3n) is 10.9. The minimum absolute atomic E-state index is 0.0225. The first-order chi connectivity index (χ1) is 38.8. The predicted molar refractivity (Wildman–Crippen MR) is 338 cm³/mol. The molecule has 0 aromatic rings. The summed E-state index contributed by atoms with van der Waals surface area (Å²) in [7, 11) is -4.44. The molecule has 0 saturated heterocycles. The van der Waals surface area contributed by atoms with Crippen molar-refractivity contribution < 1.29 is 37.6 Å². The number of phosphoric acid groups is 1. The minimum atomic E-state index is -4.44. The number of carbonyl (C=O) groups is 2. The molecule has 0 bridgehead atoms. The largest absolute Gasteiger partial charge is 0.472 e. The Kier molecular flexibility index (Phi) is 57.1. The quantitative estimate of drug-likeness (QED) is 0.0264. The maximum atomic E-state index is 12.7. The van der Waals surface area contributed by atoms with Crippen LogP contribution in [0.2, 0.25) is 0 Å². The Labute approximate surface area is 480 Å². The fourth-order valence-corrected chi connectivity index (χ4v) is 7.40. The second-order valence-electron chi connectivity index (χ2n) is 18.0. The van der Waals surface area contributed by atoms with E-state index in [0.717, 1.165) is 116 Å². The van der Waals surface area contributed by atoms with Crippen molar-refractivity contribution >= 4 is 19.8 Å². The number of nitrogens with two attached hydrogens (primary N) is 1.